The van der Waals surface area contributed by atoms with Gasteiger partial charge in [0.2, 0.25) is 5.91 Å². The van der Waals surface area contributed by atoms with E-state index in [1.807, 2.05) is 36.4 Å². The number of aliphatic carboxylic acids is 1. The quantitative estimate of drug-likeness (QED) is 0.303. The SMILES string of the molecule is NC(=NCN1CC[C@H](NS(=O)(=O)c2cc3c(Cl)cccc3s2)C1=O)c1ccccc1.O=C(O)C(F)(F)F. The van der Waals surface area contributed by atoms with E-state index in [1.165, 1.54) is 11.0 Å². The van der Waals surface area contributed by atoms with Gasteiger partial charge in [-0.3, -0.25) is 4.79 Å². The number of rotatable bonds is 6. The molecule has 1 amide bonds. The molecule has 4 N–H and O–H groups in total. The minimum atomic E-state index is -5.08. The van der Waals surface area contributed by atoms with Gasteiger partial charge in [-0.1, -0.05) is 48.0 Å². The summed E-state index contributed by atoms with van der Waals surface area (Å²) in [5.41, 5.74) is 6.74. The molecule has 1 atom stereocenters. The molecule has 2 heterocycles. The number of alkyl halides is 3. The fourth-order valence-corrected chi connectivity index (χ4v) is 6.17. The number of carboxylic acid groups (broad SMARTS) is 1. The molecule has 3 aromatic rings. The first kappa shape index (κ1) is 28.4. The molecule has 1 aliphatic rings. The van der Waals surface area contributed by atoms with Gasteiger partial charge in [-0.15, -0.1) is 11.3 Å². The van der Waals surface area contributed by atoms with Gasteiger partial charge in [-0.25, -0.2) is 18.2 Å². The van der Waals surface area contributed by atoms with Crippen LogP contribution in [0.1, 0.15) is 12.0 Å². The van der Waals surface area contributed by atoms with Crippen molar-refractivity contribution in [3.05, 3.63) is 65.2 Å². The third kappa shape index (κ3) is 7.19. The average molecular weight is 577 g/mol. The third-order valence-electron chi connectivity index (χ3n) is 5.07. The highest BCUT2D eigenvalue weighted by molar-refractivity contribution is 7.91. The van der Waals surface area contributed by atoms with Crippen LogP contribution in [0.3, 0.4) is 0 Å². The van der Waals surface area contributed by atoms with Crippen LogP contribution in [0.25, 0.3) is 10.1 Å². The van der Waals surface area contributed by atoms with Crippen molar-refractivity contribution in [1.82, 2.24) is 9.62 Å². The summed E-state index contributed by atoms with van der Waals surface area (Å²) in [4.78, 5) is 27.3. The Kier molecular flexibility index (Phi) is 8.79. The summed E-state index contributed by atoms with van der Waals surface area (Å²) in [6.45, 7) is 0.478. The molecule has 2 aromatic carbocycles. The van der Waals surface area contributed by atoms with Crippen LogP contribution < -0.4 is 10.5 Å². The number of thiophene rings is 1. The molecule has 0 unspecified atom stereocenters. The van der Waals surface area contributed by atoms with Crippen molar-refractivity contribution in [2.45, 2.75) is 22.8 Å². The van der Waals surface area contributed by atoms with Gasteiger partial charge >= 0.3 is 12.1 Å². The predicted molar refractivity (Wildman–Crippen MR) is 133 cm³/mol. The Morgan fingerprint density at radius 1 is 1.22 bits per heavy atom. The second-order valence-corrected chi connectivity index (χ2v) is 11.1. The van der Waals surface area contributed by atoms with Gasteiger partial charge in [0.05, 0.1) is 0 Å². The first-order valence-corrected chi connectivity index (χ1v) is 13.1. The molecule has 0 radical (unpaired) electrons. The smallest absolute Gasteiger partial charge is 0.475 e. The van der Waals surface area contributed by atoms with Crippen molar-refractivity contribution in [1.29, 1.82) is 0 Å². The van der Waals surface area contributed by atoms with E-state index in [1.54, 1.807) is 12.1 Å². The van der Waals surface area contributed by atoms with Crippen LogP contribution in [0.2, 0.25) is 5.02 Å². The fraction of sp³-hybridized carbons (Fsp3) is 0.227. The number of halogens is 4. The lowest BCUT2D eigenvalue weighted by atomic mass is 10.2. The second kappa shape index (κ2) is 11.5. The third-order valence-corrected chi connectivity index (χ3v) is 8.44. The molecule has 1 saturated heterocycles. The lowest BCUT2D eigenvalue weighted by molar-refractivity contribution is -0.192. The van der Waals surface area contributed by atoms with Crippen molar-refractivity contribution in [2.75, 3.05) is 13.2 Å². The van der Waals surface area contributed by atoms with Gasteiger partial charge in [0.25, 0.3) is 10.0 Å². The van der Waals surface area contributed by atoms with E-state index in [9.17, 15) is 26.4 Å². The maximum absolute atomic E-state index is 12.8. The number of fused-ring (bicyclic) bond motifs is 1. The van der Waals surface area contributed by atoms with Crippen LogP contribution in [-0.4, -0.2) is 61.6 Å². The summed E-state index contributed by atoms with van der Waals surface area (Å²) in [5.74, 6) is -2.75. The van der Waals surface area contributed by atoms with Crippen LogP contribution in [-0.2, 0) is 19.6 Å². The van der Waals surface area contributed by atoms with Crippen LogP contribution in [0.15, 0.2) is 63.8 Å². The number of carbonyl (C=O) groups is 2. The topological polar surface area (TPSA) is 142 Å². The largest absolute Gasteiger partial charge is 0.490 e. The number of carbonyl (C=O) groups excluding carboxylic acids is 1. The molecule has 1 fully saturated rings. The summed E-state index contributed by atoms with van der Waals surface area (Å²) in [5, 5.41) is 8.29. The Labute approximate surface area is 218 Å². The predicted octanol–water partition coefficient (Wildman–Crippen LogP) is 3.43. The zero-order valence-electron chi connectivity index (χ0n) is 18.8. The second-order valence-electron chi connectivity index (χ2n) is 7.64. The number of amides is 1. The van der Waals surface area contributed by atoms with Crippen LogP contribution >= 0.6 is 22.9 Å². The number of likely N-dealkylation sites (tertiary alicyclic amines) is 1. The molecule has 1 aromatic heterocycles. The number of sulfonamides is 1. The zero-order chi connectivity index (χ0) is 27.4. The lowest BCUT2D eigenvalue weighted by Gasteiger charge is -2.15. The first-order valence-electron chi connectivity index (χ1n) is 10.4. The molecule has 1 aliphatic heterocycles. The molecular formula is C22H20ClF3N4O5S2. The number of nitrogens with one attached hydrogen (secondary N) is 1. The Morgan fingerprint density at radius 3 is 2.46 bits per heavy atom. The number of nitrogens with zero attached hydrogens (tertiary/aromatic N) is 2. The maximum atomic E-state index is 12.8. The van der Waals surface area contributed by atoms with Crippen molar-refractivity contribution in [3.63, 3.8) is 0 Å². The summed E-state index contributed by atoms with van der Waals surface area (Å²) < 4.78 is 60.8. The number of amidine groups is 1. The summed E-state index contributed by atoms with van der Waals surface area (Å²) in [6, 6.07) is 15.2. The Balaban J connectivity index is 0.000000479. The molecule has 4 rings (SSSR count). The highest BCUT2D eigenvalue weighted by Crippen LogP contribution is 2.33. The minimum absolute atomic E-state index is 0.0796. The normalized spacial score (nSPS) is 16.5. The van der Waals surface area contributed by atoms with Crippen molar-refractivity contribution >= 4 is 60.8 Å². The molecule has 37 heavy (non-hydrogen) atoms. The van der Waals surface area contributed by atoms with Gasteiger partial charge in [-0.2, -0.15) is 17.9 Å². The number of nitrogens with two attached hydrogens (primary N) is 1. The van der Waals surface area contributed by atoms with E-state index >= 15 is 0 Å². The van der Waals surface area contributed by atoms with Crippen LogP contribution in [0.4, 0.5) is 13.2 Å². The highest BCUT2D eigenvalue weighted by Gasteiger charge is 2.38. The van der Waals surface area contributed by atoms with E-state index < -0.39 is 28.2 Å². The van der Waals surface area contributed by atoms with E-state index in [0.717, 1.165) is 21.6 Å². The van der Waals surface area contributed by atoms with Gasteiger partial charge in [0.15, 0.2) is 0 Å². The van der Waals surface area contributed by atoms with Crippen molar-refractivity contribution in [3.8, 4) is 0 Å². The van der Waals surface area contributed by atoms with Gasteiger partial charge < -0.3 is 15.7 Å². The monoisotopic (exact) mass is 576 g/mol. The molecule has 0 spiro atoms. The fourth-order valence-electron chi connectivity index (χ4n) is 3.23. The van der Waals surface area contributed by atoms with Crippen LogP contribution in [0, 0.1) is 0 Å². The van der Waals surface area contributed by atoms with E-state index in [-0.39, 0.29) is 16.8 Å². The Morgan fingerprint density at radius 2 is 1.86 bits per heavy atom. The van der Waals surface area contributed by atoms with E-state index in [0.29, 0.717) is 29.2 Å². The van der Waals surface area contributed by atoms with Crippen LogP contribution in [0.5, 0.6) is 0 Å². The highest BCUT2D eigenvalue weighted by atomic mass is 35.5. The van der Waals surface area contributed by atoms with Crippen molar-refractivity contribution < 1.29 is 36.3 Å². The lowest BCUT2D eigenvalue weighted by Crippen LogP contribution is -2.41. The molecule has 0 bridgehead atoms. The zero-order valence-corrected chi connectivity index (χ0v) is 21.2. The minimum Gasteiger partial charge on any atom is -0.475 e. The summed E-state index contributed by atoms with van der Waals surface area (Å²) in [6.07, 6.45) is -4.72. The van der Waals surface area contributed by atoms with Crippen molar-refractivity contribution in [2.24, 2.45) is 10.7 Å². The number of carboxylic acids is 1. The Bertz CT molecular complexity index is 1430. The Hall–Kier alpha value is -3.20. The molecule has 0 saturated carbocycles. The molecule has 198 valence electrons. The van der Waals surface area contributed by atoms with Gasteiger partial charge in [0, 0.05) is 27.2 Å². The summed E-state index contributed by atoms with van der Waals surface area (Å²) >= 11 is 7.26. The average Bonchev–Trinajstić information content (AvgIpc) is 3.43. The number of hydrogen-bond donors (Lipinski definition) is 3. The molecular weight excluding hydrogens is 557 g/mol. The number of aliphatic imine (C=N–C) groups is 1. The van der Waals surface area contributed by atoms with Gasteiger partial charge in [0.1, 0.15) is 22.8 Å². The van der Waals surface area contributed by atoms with E-state index in [2.05, 4.69) is 9.71 Å². The number of hydrogen-bond acceptors (Lipinski definition) is 6. The molecule has 15 heteroatoms. The standard InChI is InChI=1S/C20H19ClN4O3S2.C2HF3O2/c21-15-7-4-8-17-14(15)11-18(29-17)30(27,28)24-16-9-10-25(20(16)26)12-23-19(22)13-5-2-1-3-6-13;3-2(4,5)1(6)7/h1-8,11,16,24H,9-10,12H2,(H2,22,23);(H,6,7)/t16-;/m0./s1. The van der Waals surface area contributed by atoms with Gasteiger partial charge in [-0.05, 0) is 24.6 Å². The molecule has 9 nitrogen and oxygen atoms in total. The summed E-state index contributed by atoms with van der Waals surface area (Å²) in [7, 11) is -3.85. The molecule has 0 aliphatic carbocycles. The maximum Gasteiger partial charge on any atom is 0.490 e. The number of benzene rings is 2. The first-order chi connectivity index (χ1) is 17.3. The van der Waals surface area contributed by atoms with E-state index in [4.69, 9.17) is 27.2 Å².